The fourth-order valence-electron chi connectivity index (χ4n) is 2.24. The summed E-state index contributed by atoms with van der Waals surface area (Å²) in [6.07, 6.45) is 0.945. The molecule has 0 atom stereocenters. The van der Waals surface area contributed by atoms with Gasteiger partial charge in [0.2, 0.25) is 0 Å². The lowest BCUT2D eigenvalue weighted by Crippen LogP contribution is -2.10. The molecule has 2 aromatic carbocycles. The van der Waals surface area contributed by atoms with Gasteiger partial charge in [0.05, 0.1) is 0 Å². The second-order valence-electron chi connectivity index (χ2n) is 5.17. The summed E-state index contributed by atoms with van der Waals surface area (Å²) in [6.45, 7) is 1.68. The molecule has 2 heteroatoms. The van der Waals surface area contributed by atoms with Gasteiger partial charge in [-0.25, -0.2) is 0 Å². The average Bonchev–Trinajstić information content (AvgIpc) is 2.39. The molecule has 0 aliphatic carbocycles. The van der Waals surface area contributed by atoms with E-state index >= 15 is 0 Å². The standard InChI is InChI=1S/C17H22N2/c1-19(2)13-15-4-3-5-17(12-15)16-8-6-14(7-9-16)10-11-18/h3-9,12H,10-11,13,18H2,1-2H3. The number of nitrogens with zero attached hydrogens (tertiary/aromatic N) is 1. The lowest BCUT2D eigenvalue weighted by atomic mass is 10.0. The van der Waals surface area contributed by atoms with Crippen molar-refractivity contribution in [3.05, 3.63) is 59.7 Å². The SMILES string of the molecule is CN(C)Cc1cccc(-c2ccc(CCN)cc2)c1. The Labute approximate surface area is 115 Å². The van der Waals surface area contributed by atoms with E-state index in [1.807, 2.05) is 0 Å². The van der Waals surface area contributed by atoms with Gasteiger partial charge < -0.3 is 10.6 Å². The fourth-order valence-corrected chi connectivity index (χ4v) is 2.24. The number of benzene rings is 2. The van der Waals surface area contributed by atoms with Crippen LogP contribution in [0.5, 0.6) is 0 Å². The molecule has 0 spiro atoms. The van der Waals surface area contributed by atoms with Gasteiger partial charge in [0.25, 0.3) is 0 Å². The Morgan fingerprint density at radius 3 is 2.26 bits per heavy atom. The number of hydrogen-bond acceptors (Lipinski definition) is 2. The molecule has 0 saturated heterocycles. The topological polar surface area (TPSA) is 29.3 Å². The first-order valence-electron chi connectivity index (χ1n) is 6.72. The molecule has 0 bridgehead atoms. The Kier molecular flexibility index (Phi) is 4.72. The van der Waals surface area contributed by atoms with Crippen molar-refractivity contribution in [2.24, 2.45) is 5.73 Å². The van der Waals surface area contributed by atoms with Gasteiger partial charge in [-0.3, -0.25) is 0 Å². The molecule has 0 aliphatic rings. The van der Waals surface area contributed by atoms with Crippen molar-refractivity contribution < 1.29 is 0 Å². The summed E-state index contributed by atoms with van der Waals surface area (Å²) in [5, 5.41) is 0. The van der Waals surface area contributed by atoms with Crippen molar-refractivity contribution in [2.45, 2.75) is 13.0 Å². The predicted molar refractivity (Wildman–Crippen MR) is 82.0 cm³/mol. The second-order valence-corrected chi connectivity index (χ2v) is 5.17. The minimum Gasteiger partial charge on any atom is -0.330 e. The minimum atomic E-state index is 0.706. The lowest BCUT2D eigenvalue weighted by Gasteiger charge is -2.11. The highest BCUT2D eigenvalue weighted by molar-refractivity contribution is 5.64. The Morgan fingerprint density at radius 1 is 0.895 bits per heavy atom. The van der Waals surface area contributed by atoms with Gasteiger partial charge in [0, 0.05) is 6.54 Å². The molecule has 0 unspecified atom stereocenters. The van der Waals surface area contributed by atoms with E-state index in [1.165, 1.54) is 22.3 Å². The quantitative estimate of drug-likeness (QED) is 0.889. The maximum Gasteiger partial charge on any atom is 0.0227 e. The molecular weight excluding hydrogens is 232 g/mol. The van der Waals surface area contributed by atoms with Gasteiger partial charge in [-0.1, -0.05) is 42.5 Å². The lowest BCUT2D eigenvalue weighted by molar-refractivity contribution is 0.402. The van der Waals surface area contributed by atoms with E-state index < -0.39 is 0 Å². The minimum absolute atomic E-state index is 0.706. The Bertz CT molecular complexity index is 515. The van der Waals surface area contributed by atoms with E-state index in [4.69, 9.17) is 5.73 Å². The Morgan fingerprint density at radius 2 is 1.63 bits per heavy atom. The van der Waals surface area contributed by atoms with E-state index in [0.717, 1.165) is 13.0 Å². The van der Waals surface area contributed by atoms with Crippen LogP contribution in [0.1, 0.15) is 11.1 Å². The van der Waals surface area contributed by atoms with Crippen LogP contribution in [0.25, 0.3) is 11.1 Å². The van der Waals surface area contributed by atoms with Gasteiger partial charge in [-0.05, 0) is 55.4 Å². The largest absolute Gasteiger partial charge is 0.330 e. The maximum absolute atomic E-state index is 5.57. The van der Waals surface area contributed by atoms with Crippen LogP contribution in [-0.4, -0.2) is 25.5 Å². The van der Waals surface area contributed by atoms with E-state index in [0.29, 0.717) is 6.54 Å². The highest BCUT2D eigenvalue weighted by Gasteiger charge is 2.01. The van der Waals surface area contributed by atoms with E-state index in [9.17, 15) is 0 Å². The van der Waals surface area contributed by atoms with Gasteiger partial charge in [-0.15, -0.1) is 0 Å². The Balaban J connectivity index is 2.21. The number of hydrogen-bond donors (Lipinski definition) is 1. The van der Waals surface area contributed by atoms with Crippen LogP contribution in [0.2, 0.25) is 0 Å². The van der Waals surface area contributed by atoms with Gasteiger partial charge >= 0.3 is 0 Å². The van der Waals surface area contributed by atoms with Crippen molar-refractivity contribution in [3.8, 4) is 11.1 Å². The van der Waals surface area contributed by atoms with E-state index in [-0.39, 0.29) is 0 Å². The van der Waals surface area contributed by atoms with Crippen molar-refractivity contribution in [3.63, 3.8) is 0 Å². The molecule has 2 N–H and O–H groups in total. The monoisotopic (exact) mass is 254 g/mol. The summed E-state index contributed by atoms with van der Waals surface area (Å²) in [4.78, 5) is 2.18. The molecule has 0 aliphatic heterocycles. The molecule has 100 valence electrons. The van der Waals surface area contributed by atoms with Gasteiger partial charge in [0.15, 0.2) is 0 Å². The van der Waals surface area contributed by atoms with Crippen molar-refractivity contribution in [1.29, 1.82) is 0 Å². The normalized spacial score (nSPS) is 10.9. The van der Waals surface area contributed by atoms with Crippen LogP contribution in [0, 0.1) is 0 Å². The molecular formula is C17H22N2. The summed E-state index contributed by atoms with van der Waals surface area (Å²) >= 11 is 0. The van der Waals surface area contributed by atoms with Crippen LogP contribution >= 0.6 is 0 Å². The third-order valence-corrected chi connectivity index (χ3v) is 3.15. The van der Waals surface area contributed by atoms with Gasteiger partial charge in [-0.2, -0.15) is 0 Å². The first-order valence-corrected chi connectivity index (χ1v) is 6.72. The van der Waals surface area contributed by atoms with Crippen molar-refractivity contribution in [1.82, 2.24) is 4.90 Å². The molecule has 19 heavy (non-hydrogen) atoms. The molecule has 0 saturated carbocycles. The second kappa shape index (κ2) is 6.50. The summed E-state index contributed by atoms with van der Waals surface area (Å²) in [5.74, 6) is 0. The average molecular weight is 254 g/mol. The summed E-state index contributed by atoms with van der Waals surface area (Å²) < 4.78 is 0. The van der Waals surface area contributed by atoms with Crippen LogP contribution in [-0.2, 0) is 13.0 Å². The smallest absolute Gasteiger partial charge is 0.0227 e. The third-order valence-electron chi connectivity index (χ3n) is 3.15. The molecule has 0 heterocycles. The number of rotatable bonds is 5. The van der Waals surface area contributed by atoms with Crippen LogP contribution in [0.3, 0.4) is 0 Å². The first-order chi connectivity index (χ1) is 9.19. The molecule has 0 radical (unpaired) electrons. The van der Waals surface area contributed by atoms with Crippen LogP contribution in [0.15, 0.2) is 48.5 Å². The highest BCUT2D eigenvalue weighted by Crippen LogP contribution is 2.21. The molecule has 0 amide bonds. The Hall–Kier alpha value is -1.64. The molecule has 2 rings (SSSR count). The zero-order valence-electron chi connectivity index (χ0n) is 11.8. The van der Waals surface area contributed by atoms with Crippen LogP contribution in [0.4, 0.5) is 0 Å². The zero-order chi connectivity index (χ0) is 13.7. The van der Waals surface area contributed by atoms with Gasteiger partial charge in [0.1, 0.15) is 0 Å². The molecule has 0 aromatic heterocycles. The summed E-state index contributed by atoms with van der Waals surface area (Å²) in [5.41, 5.74) is 10.8. The van der Waals surface area contributed by atoms with Crippen LogP contribution < -0.4 is 5.73 Å². The van der Waals surface area contributed by atoms with Crippen molar-refractivity contribution in [2.75, 3.05) is 20.6 Å². The fraction of sp³-hybridized carbons (Fsp3) is 0.294. The predicted octanol–water partition coefficient (Wildman–Crippen LogP) is 2.92. The third kappa shape index (κ3) is 3.91. The molecule has 2 nitrogen and oxygen atoms in total. The molecule has 2 aromatic rings. The zero-order valence-corrected chi connectivity index (χ0v) is 11.8. The highest BCUT2D eigenvalue weighted by atomic mass is 15.0. The molecule has 0 fully saturated rings. The van der Waals surface area contributed by atoms with E-state index in [1.54, 1.807) is 0 Å². The maximum atomic E-state index is 5.57. The number of nitrogens with two attached hydrogens (primary N) is 1. The summed E-state index contributed by atoms with van der Waals surface area (Å²) in [6, 6.07) is 17.4. The van der Waals surface area contributed by atoms with E-state index in [2.05, 4.69) is 67.5 Å². The van der Waals surface area contributed by atoms with Crippen molar-refractivity contribution >= 4 is 0 Å². The first kappa shape index (κ1) is 13.8. The summed E-state index contributed by atoms with van der Waals surface area (Å²) in [7, 11) is 4.18.